The molecule has 4 rings (SSSR count). The molecule has 3 aromatic carbocycles. The molecule has 0 atom stereocenters. The maximum absolute atomic E-state index is 9.37. The number of benzene rings is 3. The zero-order valence-electron chi connectivity index (χ0n) is 15.9. The van der Waals surface area contributed by atoms with Crippen molar-refractivity contribution in [3.8, 4) is 23.4 Å². The number of hydrogen-bond acceptors (Lipinski definition) is 6. The van der Waals surface area contributed by atoms with Gasteiger partial charge in [0.25, 0.3) is 0 Å². The van der Waals surface area contributed by atoms with Crippen molar-refractivity contribution in [3.63, 3.8) is 0 Å². The predicted octanol–water partition coefficient (Wildman–Crippen LogP) is 5.37. The Hall–Kier alpha value is -4.68. The van der Waals surface area contributed by atoms with E-state index in [0.29, 0.717) is 34.3 Å². The van der Waals surface area contributed by atoms with E-state index in [4.69, 9.17) is 5.26 Å². The summed E-state index contributed by atoms with van der Waals surface area (Å²) in [4.78, 5) is 9.18. The molecule has 0 aliphatic rings. The SMILES string of the molecule is N#Cc1cccc(Nc2nc(Nc3ccccc3C#N)cc(-c3ccccc3)n2)c1. The summed E-state index contributed by atoms with van der Waals surface area (Å²) in [5.41, 5.74) is 4.10. The third kappa shape index (κ3) is 4.24. The highest BCUT2D eigenvalue weighted by molar-refractivity contribution is 5.71. The van der Waals surface area contributed by atoms with Gasteiger partial charge in [-0.05, 0) is 30.3 Å². The van der Waals surface area contributed by atoms with Crippen LogP contribution in [0, 0.1) is 22.7 Å². The number of aromatic nitrogens is 2. The molecule has 4 aromatic rings. The Morgan fingerprint density at radius 3 is 2.30 bits per heavy atom. The van der Waals surface area contributed by atoms with Crippen molar-refractivity contribution in [1.82, 2.24) is 9.97 Å². The highest BCUT2D eigenvalue weighted by Crippen LogP contribution is 2.26. The summed E-state index contributed by atoms with van der Waals surface area (Å²) in [5.74, 6) is 0.925. The van der Waals surface area contributed by atoms with Crippen molar-refractivity contribution in [2.24, 2.45) is 0 Å². The van der Waals surface area contributed by atoms with Gasteiger partial charge in [-0.2, -0.15) is 15.5 Å². The monoisotopic (exact) mass is 388 g/mol. The number of nitriles is 2. The normalized spacial score (nSPS) is 9.93. The first-order valence-electron chi connectivity index (χ1n) is 9.23. The first-order valence-corrected chi connectivity index (χ1v) is 9.23. The fourth-order valence-electron chi connectivity index (χ4n) is 2.95. The van der Waals surface area contributed by atoms with Crippen LogP contribution in [0.3, 0.4) is 0 Å². The molecule has 0 saturated carbocycles. The number of rotatable bonds is 5. The van der Waals surface area contributed by atoms with Gasteiger partial charge in [0, 0.05) is 17.3 Å². The van der Waals surface area contributed by atoms with Crippen molar-refractivity contribution in [2.75, 3.05) is 10.6 Å². The van der Waals surface area contributed by atoms with E-state index in [0.717, 1.165) is 11.3 Å². The minimum Gasteiger partial charge on any atom is -0.339 e. The molecule has 0 fully saturated rings. The smallest absolute Gasteiger partial charge is 0.229 e. The quantitative estimate of drug-likeness (QED) is 0.477. The molecular weight excluding hydrogens is 372 g/mol. The van der Waals surface area contributed by atoms with Gasteiger partial charge in [0.15, 0.2) is 0 Å². The summed E-state index contributed by atoms with van der Waals surface area (Å²) in [6, 6.07) is 30.2. The van der Waals surface area contributed by atoms with Crippen molar-refractivity contribution in [3.05, 3.63) is 96.1 Å². The van der Waals surface area contributed by atoms with Crippen LogP contribution in [-0.2, 0) is 0 Å². The number of anilines is 4. The molecule has 2 N–H and O–H groups in total. The van der Waals surface area contributed by atoms with Gasteiger partial charge in [0.2, 0.25) is 5.95 Å². The van der Waals surface area contributed by atoms with Crippen molar-refractivity contribution in [1.29, 1.82) is 10.5 Å². The van der Waals surface area contributed by atoms with Crippen LogP contribution < -0.4 is 10.6 Å². The lowest BCUT2D eigenvalue weighted by atomic mass is 10.1. The average Bonchev–Trinajstić information content (AvgIpc) is 2.80. The summed E-state index contributed by atoms with van der Waals surface area (Å²) >= 11 is 0. The summed E-state index contributed by atoms with van der Waals surface area (Å²) in [5, 5.41) is 24.9. The molecule has 6 heteroatoms. The van der Waals surface area contributed by atoms with E-state index in [9.17, 15) is 5.26 Å². The number of nitrogens with one attached hydrogen (secondary N) is 2. The highest BCUT2D eigenvalue weighted by Gasteiger charge is 2.09. The standard InChI is InChI=1S/C24H16N6/c25-15-17-7-6-11-20(13-17)27-24-29-22(18-8-2-1-3-9-18)14-23(30-24)28-21-12-5-4-10-19(21)16-26/h1-14H,(H2,27,28,29,30). The van der Waals surface area contributed by atoms with Crippen LogP contribution >= 0.6 is 0 Å². The third-order valence-corrected chi connectivity index (χ3v) is 4.35. The van der Waals surface area contributed by atoms with Crippen LogP contribution in [0.15, 0.2) is 84.9 Å². The molecule has 6 nitrogen and oxygen atoms in total. The van der Waals surface area contributed by atoms with Gasteiger partial charge in [-0.25, -0.2) is 4.98 Å². The van der Waals surface area contributed by atoms with E-state index in [1.807, 2.05) is 60.7 Å². The molecule has 1 aromatic heterocycles. The van der Waals surface area contributed by atoms with Crippen molar-refractivity contribution >= 4 is 23.1 Å². The molecule has 0 spiro atoms. The zero-order valence-corrected chi connectivity index (χ0v) is 15.9. The Labute approximate surface area is 174 Å². The van der Waals surface area contributed by atoms with Gasteiger partial charge < -0.3 is 10.6 Å². The van der Waals surface area contributed by atoms with Crippen LogP contribution in [0.4, 0.5) is 23.1 Å². The number of hydrogen-bond donors (Lipinski definition) is 2. The van der Waals surface area contributed by atoms with Crippen LogP contribution in [0.5, 0.6) is 0 Å². The molecule has 1 heterocycles. The summed E-state index contributed by atoms with van der Waals surface area (Å²) in [7, 11) is 0. The Kier molecular flexibility index (Phi) is 5.32. The second-order valence-electron chi connectivity index (χ2n) is 6.43. The van der Waals surface area contributed by atoms with E-state index in [-0.39, 0.29) is 0 Å². The average molecular weight is 388 g/mol. The van der Waals surface area contributed by atoms with Gasteiger partial charge >= 0.3 is 0 Å². The Balaban J connectivity index is 1.75. The van der Waals surface area contributed by atoms with Crippen LogP contribution in [0.25, 0.3) is 11.3 Å². The van der Waals surface area contributed by atoms with Crippen LogP contribution in [0.1, 0.15) is 11.1 Å². The van der Waals surface area contributed by atoms with Crippen molar-refractivity contribution in [2.45, 2.75) is 0 Å². The van der Waals surface area contributed by atoms with E-state index < -0.39 is 0 Å². The van der Waals surface area contributed by atoms with Crippen LogP contribution in [0.2, 0.25) is 0 Å². The summed E-state index contributed by atoms with van der Waals surface area (Å²) in [6.45, 7) is 0. The van der Waals surface area contributed by atoms with E-state index in [1.54, 1.807) is 24.3 Å². The topological polar surface area (TPSA) is 97.4 Å². The van der Waals surface area contributed by atoms with E-state index in [1.165, 1.54) is 0 Å². The molecule has 0 aliphatic heterocycles. The van der Waals surface area contributed by atoms with Gasteiger partial charge in [-0.1, -0.05) is 48.5 Å². The Bertz CT molecular complexity index is 1270. The Morgan fingerprint density at radius 1 is 0.700 bits per heavy atom. The van der Waals surface area contributed by atoms with Gasteiger partial charge in [-0.15, -0.1) is 0 Å². The van der Waals surface area contributed by atoms with E-state index in [2.05, 4.69) is 32.7 Å². The maximum atomic E-state index is 9.37. The first-order chi connectivity index (χ1) is 14.7. The second kappa shape index (κ2) is 8.55. The van der Waals surface area contributed by atoms with Gasteiger partial charge in [0.05, 0.1) is 28.6 Å². The lowest BCUT2D eigenvalue weighted by molar-refractivity contribution is 1.17. The molecule has 30 heavy (non-hydrogen) atoms. The number of nitrogens with zero attached hydrogens (tertiary/aromatic N) is 4. The molecule has 0 amide bonds. The fraction of sp³-hybridized carbons (Fsp3) is 0. The molecule has 0 aliphatic carbocycles. The van der Waals surface area contributed by atoms with E-state index >= 15 is 0 Å². The minimum absolute atomic E-state index is 0.378. The van der Waals surface area contributed by atoms with Crippen molar-refractivity contribution < 1.29 is 0 Å². The predicted molar refractivity (Wildman–Crippen MR) is 116 cm³/mol. The molecule has 0 saturated heterocycles. The second-order valence-corrected chi connectivity index (χ2v) is 6.43. The molecular formula is C24H16N6. The lowest BCUT2D eigenvalue weighted by Gasteiger charge is -2.12. The lowest BCUT2D eigenvalue weighted by Crippen LogP contribution is -2.03. The zero-order chi connectivity index (χ0) is 20.8. The molecule has 0 unspecified atom stereocenters. The fourth-order valence-corrected chi connectivity index (χ4v) is 2.95. The minimum atomic E-state index is 0.378. The van der Waals surface area contributed by atoms with Gasteiger partial charge in [0.1, 0.15) is 11.9 Å². The first kappa shape index (κ1) is 18.7. The molecule has 0 radical (unpaired) electrons. The highest BCUT2D eigenvalue weighted by atomic mass is 15.1. The largest absolute Gasteiger partial charge is 0.339 e. The Morgan fingerprint density at radius 2 is 1.50 bits per heavy atom. The maximum Gasteiger partial charge on any atom is 0.229 e. The molecule has 0 bridgehead atoms. The summed E-state index contributed by atoms with van der Waals surface area (Å²) in [6.07, 6.45) is 0. The van der Waals surface area contributed by atoms with Crippen LogP contribution in [-0.4, -0.2) is 9.97 Å². The molecule has 142 valence electrons. The van der Waals surface area contributed by atoms with Gasteiger partial charge in [-0.3, -0.25) is 0 Å². The third-order valence-electron chi connectivity index (χ3n) is 4.35. The number of para-hydroxylation sites is 1. The summed E-state index contributed by atoms with van der Waals surface area (Å²) < 4.78 is 0.